The van der Waals surface area contributed by atoms with Crippen LogP contribution in [0.25, 0.3) is 0 Å². The number of halogens is 1. The lowest BCUT2D eigenvalue weighted by Crippen LogP contribution is -2.43. The summed E-state index contributed by atoms with van der Waals surface area (Å²) in [5.41, 5.74) is 1.91. The molecule has 0 saturated carbocycles. The van der Waals surface area contributed by atoms with Crippen molar-refractivity contribution < 1.29 is 18.7 Å². The molecule has 0 bridgehead atoms. The average molecular weight is 415 g/mol. The van der Waals surface area contributed by atoms with Crippen LogP contribution in [0, 0.1) is 18.7 Å². The zero-order valence-electron chi connectivity index (χ0n) is 16.0. The fourth-order valence-electron chi connectivity index (χ4n) is 3.44. The van der Waals surface area contributed by atoms with E-state index in [2.05, 4.69) is 10.6 Å². The summed E-state index contributed by atoms with van der Waals surface area (Å²) in [6, 6.07) is 10.3. The molecule has 2 heterocycles. The van der Waals surface area contributed by atoms with Gasteiger partial charge in [0, 0.05) is 36.4 Å². The van der Waals surface area contributed by atoms with Crippen molar-refractivity contribution in [3.05, 3.63) is 47.8 Å². The minimum Gasteiger partial charge on any atom is -0.454 e. The Bertz CT molecular complexity index is 945. The van der Waals surface area contributed by atoms with Crippen molar-refractivity contribution >= 4 is 34.6 Å². The van der Waals surface area contributed by atoms with Crippen molar-refractivity contribution in [2.24, 2.45) is 5.92 Å². The summed E-state index contributed by atoms with van der Waals surface area (Å²) in [6.45, 7) is 3.25. The van der Waals surface area contributed by atoms with E-state index in [9.17, 15) is 9.18 Å². The number of rotatable bonds is 3. The van der Waals surface area contributed by atoms with Gasteiger partial charge in [-0.05, 0) is 61.8 Å². The standard InChI is InChI=1S/C21H22FN3O3S/c1-13-2-3-15(10-17(13)22)24-21(29)25-8-6-14(7-9-25)20(26)23-16-4-5-18-19(11-16)28-12-27-18/h2-5,10-11,14H,6-9,12H2,1H3,(H,23,26)(H,24,29). The summed E-state index contributed by atoms with van der Waals surface area (Å²) < 4.78 is 24.3. The molecule has 0 spiro atoms. The largest absolute Gasteiger partial charge is 0.454 e. The van der Waals surface area contributed by atoms with Crippen LogP contribution in [0.1, 0.15) is 18.4 Å². The SMILES string of the molecule is Cc1ccc(NC(=S)N2CCC(C(=O)Nc3ccc4c(c3)OCO4)CC2)cc1F. The molecular formula is C21H22FN3O3S. The summed E-state index contributed by atoms with van der Waals surface area (Å²) in [6.07, 6.45) is 1.39. The number of thiocarbonyl (C=S) groups is 1. The molecule has 6 nitrogen and oxygen atoms in total. The number of nitrogens with zero attached hydrogens (tertiary/aromatic N) is 1. The van der Waals surface area contributed by atoms with Crippen LogP contribution in [0.2, 0.25) is 0 Å². The number of hydrogen-bond donors (Lipinski definition) is 2. The van der Waals surface area contributed by atoms with Crippen molar-refractivity contribution in [3.8, 4) is 11.5 Å². The molecule has 1 amide bonds. The molecule has 2 aromatic carbocycles. The van der Waals surface area contributed by atoms with Crippen molar-refractivity contribution in [1.82, 2.24) is 4.90 Å². The van der Waals surface area contributed by atoms with Crippen LogP contribution in [0.15, 0.2) is 36.4 Å². The van der Waals surface area contributed by atoms with Crippen LogP contribution in [0.5, 0.6) is 11.5 Å². The summed E-state index contributed by atoms with van der Waals surface area (Å²) in [4.78, 5) is 14.6. The van der Waals surface area contributed by atoms with Gasteiger partial charge in [-0.25, -0.2) is 4.39 Å². The fraction of sp³-hybridized carbons (Fsp3) is 0.333. The second-order valence-corrected chi connectivity index (χ2v) is 7.60. The Hall–Kier alpha value is -2.87. The van der Waals surface area contributed by atoms with Gasteiger partial charge in [-0.2, -0.15) is 0 Å². The Balaban J connectivity index is 1.28. The predicted molar refractivity (Wildman–Crippen MR) is 113 cm³/mol. The van der Waals surface area contributed by atoms with Gasteiger partial charge in [-0.3, -0.25) is 4.79 Å². The number of carbonyl (C=O) groups excluding carboxylic acids is 1. The number of ether oxygens (including phenoxy) is 2. The molecule has 29 heavy (non-hydrogen) atoms. The molecule has 1 fully saturated rings. The first kappa shape index (κ1) is 19.4. The van der Waals surface area contributed by atoms with Gasteiger partial charge in [0.1, 0.15) is 5.82 Å². The van der Waals surface area contributed by atoms with Crippen LogP contribution in [0.3, 0.4) is 0 Å². The summed E-state index contributed by atoms with van der Waals surface area (Å²) in [7, 11) is 0. The summed E-state index contributed by atoms with van der Waals surface area (Å²) in [5, 5.41) is 6.58. The monoisotopic (exact) mass is 415 g/mol. The third kappa shape index (κ3) is 4.42. The second kappa shape index (κ2) is 8.24. The first-order valence-corrected chi connectivity index (χ1v) is 9.93. The second-order valence-electron chi connectivity index (χ2n) is 7.21. The quantitative estimate of drug-likeness (QED) is 0.742. The van der Waals surface area contributed by atoms with E-state index in [0.717, 1.165) is 0 Å². The van der Waals surface area contributed by atoms with Gasteiger partial charge in [0.2, 0.25) is 12.7 Å². The number of likely N-dealkylation sites (tertiary alicyclic amines) is 1. The molecule has 0 atom stereocenters. The van der Waals surface area contributed by atoms with Crippen molar-refractivity contribution in [3.63, 3.8) is 0 Å². The lowest BCUT2D eigenvalue weighted by Gasteiger charge is -2.33. The third-order valence-electron chi connectivity index (χ3n) is 5.22. The lowest BCUT2D eigenvalue weighted by molar-refractivity contribution is -0.120. The number of nitrogens with one attached hydrogen (secondary N) is 2. The number of amides is 1. The molecule has 0 radical (unpaired) electrons. The van der Waals surface area contributed by atoms with E-state index in [1.54, 1.807) is 37.3 Å². The van der Waals surface area contributed by atoms with Crippen LogP contribution in [0.4, 0.5) is 15.8 Å². The van der Waals surface area contributed by atoms with Crippen LogP contribution >= 0.6 is 12.2 Å². The molecule has 152 valence electrons. The third-order valence-corrected chi connectivity index (χ3v) is 5.58. The topological polar surface area (TPSA) is 62.8 Å². The van der Waals surface area contributed by atoms with Gasteiger partial charge in [0.25, 0.3) is 0 Å². The Morgan fingerprint density at radius 1 is 1.07 bits per heavy atom. The number of carbonyl (C=O) groups is 1. The molecule has 0 unspecified atom stereocenters. The molecule has 2 aromatic rings. The van der Waals surface area contributed by atoms with E-state index < -0.39 is 0 Å². The predicted octanol–water partition coefficient (Wildman–Crippen LogP) is 3.91. The van der Waals surface area contributed by atoms with E-state index in [-0.39, 0.29) is 24.4 Å². The van der Waals surface area contributed by atoms with E-state index in [1.807, 2.05) is 4.90 Å². The first-order valence-electron chi connectivity index (χ1n) is 9.52. The Morgan fingerprint density at radius 2 is 1.76 bits per heavy atom. The highest BCUT2D eigenvalue weighted by Gasteiger charge is 2.26. The highest BCUT2D eigenvalue weighted by atomic mass is 32.1. The molecule has 0 aromatic heterocycles. The Labute approximate surface area is 174 Å². The molecule has 1 saturated heterocycles. The minimum atomic E-state index is -0.267. The number of fused-ring (bicyclic) bond motifs is 1. The fourth-order valence-corrected chi connectivity index (χ4v) is 3.74. The molecule has 2 aliphatic rings. The molecule has 2 N–H and O–H groups in total. The Kier molecular flexibility index (Phi) is 5.53. The van der Waals surface area contributed by atoms with E-state index in [0.29, 0.717) is 59.5 Å². The van der Waals surface area contributed by atoms with Gasteiger partial charge in [0.05, 0.1) is 0 Å². The zero-order chi connectivity index (χ0) is 20.4. The van der Waals surface area contributed by atoms with E-state index in [1.165, 1.54) is 6.07 Å². The number of anilines is 2. The van der Waals surface area contributed by atoms with Crippen LogP contribution in [-0.2, 0) is 4.79 Å². The average Bonchev–Trinajstić information content (AvgIpc) is 3.18. The van der Waals surface area contributed by atoms with E-state index in [4.69, 9.17) is 21.7 Å². The van der Waals surface area contributed by atoms with Gasteiger partial charge >= 0.3 is 0 Å². The van der Waals surface area contributed by atoms with Gasteiger partial charge < -0.3 is 25.0 Å². The maximum atomic E-state index is 13.7. The molecule has 4 rings (SSSR count). The van der Waals surface area contributed by atoms with Gasteiger partial charge in [-0.1, -0.05) is 6.07 Å². The summed E-state index contributed by atoms with van der Waals surface area (Å²) in [5.74, 6) is 0.961. The van der Waals surface area contributed by atoms with Crippen molar-refractivity contribution in [2.45, 2.75) is 19.8 Å². The maximum Gasteiger partial charge on any atom is 0.231 e. The minimum absolute atomic E-state index is 0.0111. The van der Waals surface area contributed by atoms with Gasteiger partial charge in [0.15, 0.2) is 16.6 Å². The zero-order valence-corrected chi connectivity index (χ0v) is 16.9. The van der Waals surface area contributed by atoms with Gasteiger partial charge in [-0.15, -0.1) is 0 Å². The first-order chi connectivity index (χ1) is 14.0. The maximum absolute atomic E-state index is 13.7. The molecule has 2 aliphatic heterocycles. The van der Waals surface area contributed by atoms with Crippen molar-refractivity contribution in [1.29, 1.82) is 0 Å². The molecular weight excluding hydrogens is 393 g/mol. The van der Waals surface area contributed by atoms with Crippen LogP contribution in [-0.4, -0.2) is 35.8 Å². The normalized spacial score (nSPS) is 15.9. The number of piperidine rings is 1. The smallest absolute Gasteiger partial charge is 0.231 e. The van der Waals surface area contributed by atoms with E-state index >= 15 is 0 Å². The highest BCUT2D eigenvalue weighted by Crippen LogP contribution is 2.34. The van der Waals surface area contributed by atoms with Crippen molar-refractivity contribution in [2.75, 3.05) is 30.5 Å². The molecule has 8 heteroatoms. The van der Waals surface area contributed by atoms with Crippen LogP contribution < -0.4 is 20.1 Å². The summed E-state index contributed by atoms with van der Waals surface area (Å²) >= 11 is 5.45. The number of benzene rings is 2. The Morgan fingerprint density at radius 3 is 2.52 bits per heavy atom. The molecule has 0 aliphatic carbocycles. The number of hydrogen-bond acceptors (Lipinski definition) is 4. The number of aryl methyl sites for hydroxylation is 1. The lowest BCUT2D eigenvalue weighted by atomic mass is 9.96. The highest BCUT2D eigenvalue weighted by molar-refractivity contribution is 7.80.